The van der Waals surface area contributed by atoms with Crippen molar-refractivity contribution in [3.05, 3.63) is 43.0 Å². The van der Waals surface area contributed by atoms with E-state index in [1.54, 1.807) is 18.2 Å². The van der Waals surface area contributed by atoms with Gasteiger partial charge in [0.25, 0.3) is 10.1 Å². The summed E-state index contributed by atoms with van der Waals surface area (Å²) in [5, 5.41) is 0. The first kappa shape index (κ1) is 17.8. The molecule has 0 atom stereocenters. The first-order valence-corrected chi connectivity index (χ1v) is 5.13. The fourth-order valence-corrected chi connectivity index (χ4v) is 1.69. The maximum atomic E-state index is 11.3. The van der Waals surface area contributed by atoms with Crippen LogP contribution in [0.1, 0.15) is 7.43 Å². The van der Waals surface area contributed by atoms with E-state index in [4.69, 9.17) is 0 Å². The Kier molecular flexibility index (Phi) is 10.2. The summed E-state index contributed by atoms with van der Waals surface area (Å²) in [5.41, 5.74) is 0. The van der Waals surface area contributed by atoms with Crippen LogP contribution in [0.2, 0.25) is 0 Å². The summed E-state index contributed by atoms with van der Waals surface area (Å²) >= 11 is 0. The Balaban J connectivity index is 0. The van der Waals surface area contributed by atoms with E-state index < -0.39 is 10.1 Å². The summed E-state index contributed by atoms with van der Waals surface area (Å²) in [6.45, 7) is 3.37. The standard InChI is InChI=1S/C9H10O3S.CH4.Ba.2H/c1-2-8-12-13(10,11)9-6-4-3-5-7-9;;;;/h2-7H,1,8H2;1H4;;;. The Bertz CT molecular complexity index is 373. The summed E-state index contributed by atoms with van der Waals surface area (Å²) in [6.07, 6.45) is 1.39. The predicted octanol–water partition coefficient (Wildman–Crippen LogP) is 1.30. The van der Waals surface area contributed by atoms with Crippen molar-refractivity contribution in [1.29, 1.82) is 0 Å². The average molecular weight is 354 g/mol. The van der Waals surface area contributed by atoms with Gasteiger partial charge in [-0.1, -0.05) is 31.7 Å². The SMILES string of the molecule is C.C=CCOS(=O)(=O)c1ccccc1.[BaH2]. The second kappa shape index (κ2) is 8.58. The van der Waals surface area contributed by atoms with Crippen molar-refractivity contribution in [3.8, 4) is 0 Å². The maximum absolute atomic E-state index is 11.3. The minimum atomic E-state index is -3.59. The molecule has 0 aliphatic rings. The van der Waals surface area contributed by atoms with Gasteiger partial charge in [-0.2, -0.15) is 8.42 Å². The van der Waals surface area contributed by atoms with Crippen LogP contribution in [0.4, 0.5) is 0 Å². The Morgan fingerprint density at radius 3 is 2.27 bits per heavy atom. The van der Waals surface area contributed by atoms with Crippen LogP contribution < -0.4 is 0 Å². The quantitative estimate of drug-likeness (QED) is 0.465. The molecule has 0 radical (unpaired) electrons. The van der Waals surface area contributed by atoms with E-state index in [0.717, 1.165) is 0 Å². The van der Waals surface area contributed by atoms with Crippen molar-refractivity contribution in [2.45, 2.75) is 12.3 Å². The molecule has 0 saturated heterocycles. The third-order valence-electron chi connectivity index (χ3n) is 1.37. The zero-order chi connectivity index (χ0) is 9.73. The first-order valence-electron chi connectivity index (χ1n) is 3.72. The first-order chi connectivity index (χ1) is 6.17. The number of rotatable bonds is 4. The second-order valence-corrected chi connectivity index (χ2v) is 3.96. The Hall–Kier alpha value is 0.441. The number of hydrogen-bond acceptors (Lipinski definition) is 3. The molecule has 1 aromatic rings. The van der Waals surface area contributed by atoms with Crippen LogP contribution in [0.3, 0.4) is 0 Å². The van der Waals surface area contributed by atoms with E-state index in [0.29, 0.717) is 0 Å². The molecule has 1 rings (SSSR count). The topological polar surface area (TPSA) is 43.4 Å². The molecule has 0 aliphatic heterocycles. The van der Waals surface area contributed by atoms with Crippen molar-refractivity contribution < 1.29 is 12.6 Å². The molecular weight excluding hydrogens is 338 g/mol. The third kappa shape index (κ3) is 5.91. The van der Waals surface area contributed by atoms with Gasteiger partial charge in [-0.05, 0) is 12.1 Å². The van der Waals surface area contributed by atoms with Crippen LogP contribution in [0.25, 0.3) is 0 Å². The number of hydrogen-bond donors (Lipinski definition) is 0. The molecule has 0 heterocycles. The molecular formula is C10H16BaO3S. The van der Waals surface area contributed by atoms with E-state index in [-0.39, 0.29) is 67.8 Å². The molecule has 0 saturated carbocycles. The van der Waals surface area contributed by atoms with Crippen molar-refractivity contribution in [1.82, 2.24) is 0 Å². The van der Waals surface area contributed by atoms with Crippen molar-refractivity contribution in [2.24, 2.45) is 0 Å². The van der Waals surface area contributed by atoms with Gasteiger partial charge in [0.15, 0.2) is 0 Å². The van der Waals surface area contributed by atoms with E-state index in [1.807, 2.05) is 0 Å². The van der Waals surface area contributed by atoms with Crippen molar-refractivity contribution in [3.63, 3.8) is 0 Å². The normalized spacial score (nSPS) is 9.60. The molecule has 0 N–H and O–H groups in total. The van der Waals surface area contributed by atoms with Gasteiger partial charge in [-0.15, -0.1) is 6.58 Å². The molecule has 0 aromatic heterocycles. The fraction of sp³-hybridized carbons (Fsp3) is 0.200. The summed E-state index contributed by atoms with van der Waals surface area (Å²) in [6, 6.07) is 8.00. The van der Waals surface area contributed by atoms with Gasteiger partial charge in [0.1, 0.15) is 0 Å². The zero-order valence-corrected chi connectivity index (χ0v) is 7.83. The molecule has 3 nitrogen and oxygen atoms in total. The molecule has 1 aromatic carbocycles. The van der Waals surface area contributed by atoms with Crippen molar-refractivity contribution in [2.75, 3.05) is 6.61 Å². The van der Waals surface area contributed by atoms with Crippen LogP contribution in [0.15, 0.2) is 47.9 Å². The van der Waals surface area contributed by atoms with Gasteiger partial charge in [0, 0.05) is 0 Å². The van der Waals surface area contributed by atoms with Gasteiger partial charge >= 0.3 is 48.9 Å². The van der Waals surface area contributed by atoms with Crippen LogP contribution in [-0.2, 0) is 14.3 Å². The van der Waals surface area contributed by atoms with Crippen LogP contribution in [-0.4, -0.2) is 63.9 Å². The van der Waals surface area contributed by atoms with Gasteiger partial charge in [0.2, 0.25) is 0 Å². The average Bonchev–Trinajstić information content (AvgIpc) is 2.16. The van der Waals surface area contributed by atoms with E-state index in [1.165, 1.54) is 18.2 Å². The molecule has 0 unspecified atom stereocenters. The molecule has 0 fully saturated rings. The van der Waals surface area contributed by atoms with Crippen LogP contribution >= 0.6 is 0 Å². The summed E-state index contributed by atoms with van der Waals surface area (Å²) in [7, 11) is -3.59. The Morgan fingerprint density at radius 1 is 1.27 bits per heavy atom. The monoisotopic (exact) mass is 354 g/mol. The molecule has 5 heteroatoms. The van der Waals surface area contributed by atoms with Crippen LogP contribution in [0, 0.1) is 0 Å². The minimum absolute atomic E-state index is 0. The van der Waals surface area contributed by atoms with E-state index in [2.05, 4.69) is 10.8 Å². The molecule has 0 amide bonds. The van der Waals surface area contributed by atoms with Gasteiger partial charge in [-0.25, -0.2) is 0 Å². The zero-order valence-electron chi connectivity index (χ0n) is 7.01. The second-order valence-electron chi connectivity index (χ2n) is 2.34. The van der Waals surface area contributed by atoms with Gasteiger partial charge in [-0.3, -0.25) is 4.18 Å². The molecule has 15 heavy (non-hydrogen) atoms. The van der Waals surface area contributed by atoms with Gasteiger partial charge in [0.05, 0.1) is 11.5 Å². The third-order valence-corrected chi connectivity index (χ3v) is 2.67. The molecule has 0 bridgehead atoms. The summed E-state index contributed by atoms with van der Waals surface area (Å²) < 4.78 is 27.3. The van der Waals surface area contributed by atoms with E-state index >= 15 is 0 Å². The molecule has 0 aliphatic carbocycles. The molecule has 0 spiro atoms. The predicted molar refractivity (Wildman–Crippen MR) is 65.1 cm³/mol. The molecule has 82 valence electrons. The van der Waals surface area contributed by atoms with E-state index in [9.17, 15) is 8.42 Å². The van der Waals surface area contributed by atoms with Gasteiger partial charge < -0.3 is 0 Å². The van der Waals surface area contributed by atoms with Crippen molar-refractivity contribution >= 4 is 59.0 Å². The fourth-order valence-electron chi connectivity index (χ4n) is 0.793. The Morgan fingerprint density at radius 2 is 1.80 bits per heavy atom. The Labute approximate surface area is 132 Å². The summed E-state index contributed by atoms with van der Waals surface area (Å²) in [5.74, 6) is 0. The summed E-state index contributed by atoms with van der Waals surface area (Å²) in [4.78, 5) is 0.164. The van der Waals surface area contributed by atoms with Crippen LogP contribution in [0.5, 0.6) is 0 Å². The number of benzene rings is 1.